The van der Waals surface area contributed by atoms with Gasteiger partial charge in [0, 0.05) is 20.2 Å². The van der Waals surface area contributed by atoms with Crippen LogP contribution in [0.2, 0.25) is 0 Å². The Kier molecular flexibility index (Phi) is 8.64. The third-order valence-electron chi connectivity index (χ3n) is 3.75. The number of likely N-dealkylation sites (tertiary alicyclic amines) is 1. The van der Waals surface area contributed by atoms with Gasteiger partial charge >= 0.3 is 0 Å². The van der Waals surface area contributed by atoms with E-state index in [0.29, 0.717) is 6.10 Å². The Bertz CT molecular complexity index is 189. The molecule has 0 radical (unpaired) electrons. The van der Waals surface area contributed by atoms with Crippen molar-refractivity contribution in [2.45, 2.75) is 52.1 Å². The van der Waals surface area contributed by atoms with Gasteiger partial charge < -0.3 is 15.0 Å². The number of hydrogen-bond acceptors (Lipinski definition) is 3. The molecular formula is C15H32N2O. The van der Waals surface area contributed by atoms with Crippen molar-refractivity contribution >= 4 is 0 Å². The van der Waals surface area contributed by atoms with E-state index in [-0.39, 0.29) is 0 Å². The van der Waals surface area contributed by atoms with E-state index in [2.05, 4.69) is 24.1 Å². The van der Waals surface area contributed by atoms with Gasteiger partial charge in [-0.1, -0.05) is 20.3 Å². The number of hydrogen-bond donors (Lipinski definition) is 1. The standard InChI is InChI=1S/C15H32N2O/c1-14(2)13-16-9-5-4-6-10-17-11-7-15(18-3)8-12-17/h14-16H,4-13H2,1-3H3. The molecule has 1 rings (SSSR count). The number of nitrogens with one attached hydrogen (secondary N) is 1. The van der Waals surface area contributed by atoms with Gasteiger partial charge in [-0.15, -0.1) is 0 Å². The van der Waals surface area contributed by atoms with Crippen LogP contribution in [0.5, 0.6) is 0 Å². The molecule has 1 fully saturated rings. The minimum absolute atomic E-state index is 0.515. The molecule has 0 atom stereocenters. The van der Waals surface area contributed by atoms with Crippen LogP contribution in [-0.4, -0.2) is 50.8 Å². The first-order chi connectivity index (χ1) is 8.72. The Morgan fingerprint density at radius 1 is 1.17 bits per heavy atom. The summed E-state index contributed by atoms with van der Waals surface area (Å²) in [5.74, 6) is 0.770. The van der Waals surface area contributed by atoms with E-state index in [1.807, 2.05) is 7.11 Å². The van der Waals surface area contributed by atoms with Crippen molar-refractivity contribution in [3.05, 3.63) is 0 Å². The third kappa shape index (κ3) is 7.34. The number of nitrogens with zero attached hydrogens (tertiary/aromatic N) is 1. The highest BCUT2D eigenvalue weighted by molar-refractivity contribution is 4.72. The summed E-state index contributed by atoms with van der Waals surface area (Å²) >= 11 is 0. The molecule has 108 valence electrons. The summed E-state index contributed by atoms with van der Waals surface area (Å²) in [6.07, 6.45) is 6.97. The molecule has 3 heteroatoms. The van der Waals surface area contributed by atoms with Crippen LogP contribution in [0.1, 0.15) is 46.0 Å². The van der Waals surface area contributed by atoms with E-state index < -0.39 is 0 Å². The van der Waals surface area contributed by atoms with Gasteiger partial charge in [-0.05, 0) is 51.2 Å². The van der Waals surface area contributed by atoms with Crippen LogP contribution < -0.4 is 5.32 Å². The van der Waals surface area contributed by atoms with Crippen molar-refractivity contribution in [1.82, 2.24) is 10.2 Å². The topological polar surface area (TPSA) is 24.5 Å². The Balaban J connectivity index is 1.86. The zero-order chi connectivity index (χ0) is 13.2. The van der Waals surface area contributed by atoms with Gasteiger partial charge in [-0.2, -0.15) is 0 Å². The molecule has 18 heavy (non-hydrogen) atoms. The normalized spacial score (nSPS) is 18.7. The van der Waals surface area contributed by atoms with Crippen molar-refractivity contribution in [3.8, 4) is 0 Å². The lowest BCUT2D eigenvalue weighted by Gasteiger charge is -2.31. The first kappa shape index (κ1) is 15.9. The number of ether oxygens (including phenoxy) is 1. The highest BCUT2D eigenvalue weighted by atomic mass is 16.5. The first-order valence-corrected chi connectivity index (χ1v) is 7.68. The molecule has 3 nitrogen and oxygen atoms in total. The predicted molar refractivity (Wildman–Crippen MR) is 78.0 cm³/mol. The molecule has 0 aromatic heterocycles. The number of rotatable bonds is 9. The van der Waals surface area contributed by atoms with Gasteiger partial charge in [0.1, 0.15) is 0 Å². The summed E-state index contributed by atoms with van der Waals surface area (Å²) < 4.78 is 5.39. The maximum atomic E-state index is 5.39. The molecule has 0 spiro atoms. The molecule has 0 bridgehead atoms. The fraction of sp³-hybridized carbons (Fsp3) is 1.00. The SMILES string of the molecule is COC1CCN(CCCCCNCC(C)C)CC1. The van der Waals surface area contributed by atoms with Gasteiger partial charge in [-0.25, -0.2) is 0 Å². The van der Waals surface area contributed by atoms with Crippen LogP contribution in [0.3, 0.4) is 0 Å². The lowest BCUT2D eigenvalue weighted by atomic mass is 10.1. The maximum absolute atomic E-state index is 5.39. The molecule has 1 N–H and O–H groups in total. The van der Waals surface area contributed by atoms with E-state index in [4.69, 9.17) is 4.74 Å². The van der Waals surface area contributed by atoms with Gasteiger partial charge in [0.25, 0.3) is 0 Å². The predicted octanol–water partition coefficient (Wildman–Crippen LogP) is 2.51. The average Bonchev–Trinajstić information content (AvgIpc) is 2.38. The number of methoxy groups -OCH3 is 1. The molecule has 0 aromatic rings. The van der Waals surface area contributed by atoms with Crippen LogP contribution >= 0.6 is 0 Å². The van der Waals surface area contributed by atoms with Crippen molar-refractivity contribution in [2.24, 2.45) is 5.92 Å². The molecule has 0 amide bonds. The highest BCUT2D eigenvalue weighted by Gasteiger charge is 2.17. The zero-order valence-electron chi connectivity index (χ0n) is 12.6. The second-order valence-corrected chi connectivity index (χ2v) is 5.94. The number of piperidine rings is 1. The van der Waals surface area contributed by atoms with Gasteiger partial charge in [0.05, 0.1) is 6.10 Å². The molecule has 0 saturated carbocycles. The van der Waals surface area contributed by atoms with Crippen LogP contribution in [-0.2, 0) is 4.74 Å². The summed E-state index contributed by atoms with van der Waals surface area (Å²) in [4.78, 5) is 2.59. The monoisotopic (exact) mass is 256 g/mol. The Labute approximate surface area is 113 Å². The highest BCUT2D eigenvalue weighted by Crippen LogP contribution is 2.13. The Morgan fingerprint density at radius 3 is 2.50 bits per heavy atom. The third-order valence-corrected chi connectivity index (χ3v) is 3.75. The van der Waals surface area contributed by atoms with E-state index in [1.54, 1.807) is 0 Å². The molecule has 0 unspecified atom stereocenters. The zero-order valence-corrected chi connectivity index (χ0v) is 12.6. The van der Waals surface area contributed by atoms with Crippen LogP contribution in [0.25, 0.3) is 0 Å². The van der Waals surface area contributed by atoms with E-state index in [0.717, 1.165) is 12.5 Å². The lowest BCUT2D eigenvalue weighted by Crippen LogP contribution is -2.37. The van der Waals surface area contributed by atoms with Crippen LogP contribution in [0.15, 0.2) is 0 Å². The molecular weight excluding hydrogens is 224 g/mol. The summed E-state index contributed by atoms with van der Waals surface area (Å²) in [5.41, 5.74) is 0. The minimum Gasteiger partial charge on any atom is -0.381 e. The number of unbranched alkanes of at least 4 members (excludes halogenated alkanes) is 2. The van der Waals surface area contributed by atoms with Crippen molar-refractivity contribution in [1.29, 1.82) is 0 Å². The minimum atomic E-state index is 0.515. The summed E-state index contributed by atoms with van der Waals surface area (Å²) in [5, 5.41) is 3.51. The largest absolute Gasteiger partial charge is 0.381 e. The molecule has 1 aliphatic rings. The van der Waals surface area contributed by atoms with E-state index in [9.17, 15) is 0 Å². The average molecular weight is 256 g/mol. The maximum Gasteiger partial charge on any atom is 0.0595 e. The van der Waals surface area contributed by atoms with Gasteiger partial charge in [0.15, 0.2) is 0 Å². The smallest absolute Gasteiger partial charge is 0.0595 e. The van der Waals surface area contributed by atoms with E-state index in [1.165, 1.54) is 58.3 Å². The Hall–Kier alpha value is -0.120. The van der Waals surface area contributed by atoms with Crippen molar-refractivity contribution < 1.29 is 4.74 Å². The van der Waals surface area contributed by atoms with Crippen LogP contribution in [0, 0.1) is 5.92 Å². The second kappa shape index (κ2) is 9.76. The second-order valence-electron chi connectivity index (χ2n) is 5.94. The quantitative estimate of drug-likeness (QED) is 0.642. The van der Waals surface area contributed by atoms with Gasteiger partial charge in [-0.3, -0.25) is 0 Å². The van der Waals surface area contributed by atoms with Gasteiger partial charge in [0.2, 0.25) is 0 Å². The first-order valence-electron chi connectivity index (χ1n) is 7.68. The molecule has 1 aliphatic heterocycles. The van der Waals surface area contributed by atoms with E-state index >= 15 is 0 Å². The summed E-state index contributed by atoms with van der Waals surface area (Å²) in [6.45, 7) is 10.6. The molecule has 1 saturated heterocycles. The summed E-state index contributed by atoms with van der Waals surface area (Å²) in [7, 11) is 1.84. The molecule has 0 aromatic carbocycles. The fourth-order valence-electron chi connectivity index (χ4n) is 2.52. The van der Waals surface area contributed by atoms with Crippen LogP contribution in [0.4, 0.5) is 0 Å². The molecule has 1 heterocycles. The lowest BCUT2D eigenvalue weighted by molar-refractivity contribution is 0.0407. The fourth-order valence-corrected chi connectivity index (χ4v) is 2.52. The van der Waals surface area contributed by atoms with Crippen molar-refractivity contribution in [2.75, 3.05) is 39.8 Å². The molecule has 0 aliphatic carbocycles. The Morgan fingerprint density at radius 2 is 1.89 bits per heavy atom. The summed E-state index contributed by atoms with van der Waals surface area (Å²) in [6, 6.07) is 0. The van der Waals surface area contributed by atoms with Crippen molar-refractivity contribution in [3.63, 3.8) is 0 Å².